The highest BCUT2D eigenvalue weighted by Crippen LogP contribution is 2.34. The number of sulfone groups is 1. The lowest BCUT2D eigenvalue weighted by molar-refractivity contribution is 0.0925. The maximum Gasteiger partial charge on any atom is 0.341 e. The first-order valence-corrected chi connectivity index (χ1v) is 10.6. The summed E-state index contributed by atoms with van der Waals surface area (Å²) in [5.74, 6) is -2.66. The Kier molecular flexibility index (Phi) is 6.07. The number of amides is 1. The summed E-state index contributed by atoms with van der Waals surface area (Å²) in [4.78, 5) is 12.1. The van der Waals surface area contributed by atoms with Crippen LogP contribution >= 0.6 is 0 Å². The van der Waals surface area contributed by atoms with Crippen molar-refractivity contribution in [2.24, 2.45) is 5.92 Å². The normalized spacial score (nSPS) is 14.7. The van der Waals surface area contributed by atoms with Crippen molar-refractivity contribution in [2.75, 3.05) is 13.2 Å². The van der Waals surface area contributed by atoms with Crippen LogP contribution < -0.4 is 14.8 Å². The number of nitrogens with one attached hydrogen (secondary N) is 1. The molecule has 1 aliphatic rings. The molecule has 156 valence electrons. The lowest BCUT2D eigenvalue weighted by Gasteiger charge is -2.25. The van der Waals surface area contributed by atoms with E-state index in [9.17, 15) is 22.0 Å². The maximum absolute atomic E-state index is 12.7. The van der Waals surface area contributed by atoms with Gasteiger partial charge in [0.1, 0.15) is 13.2 Å². The van der Waals surface area contributed by atoms with Gasteiger partial charge in [0, 0.05) is 5.56 Å². The Morgan fingerprint density at radius 1 is 1.00 bits per heavy atom. The van der Waals surface area contributed by atoms with Gasteiger partial charge in [-0.05, 0) is 47.9 Å². The van der Waals surface area contributed by atoms with Crippen molar-refractivity contribution in [3.8, 4) is 11.5 Å². The second-order valence-corrected chi connectivity index (χ2v) is 8.85. The first-order chi connectivity index (χ1) is 13.7. The van der Waals surface area contributed by atoms with Crippen molar-refractivity contribution in [3.05, 3.63) is 53.6 Å². The highest BCUT2D eigenvalue weighted by Gasteiger charge is 2.27. The lowest BCUT2D eigenvalue weighted by atomic mass is 9.95. The first-order valence-electron chi connectivity index (χ1n) is 9.02. The Morgan fingerprint density at radius 2 is 1.62 bits per heavy atom. The molecule has 1 atom stereocenters. The standard InChI is InChI=1S/C20H21F2NO5S/c1-12(2)18(14-5-8-16-17(11-14)28-10-9-27-16)23-19(24)13-3-6-15(7-4-13)29(25,26)20(21)22/h3-8,11-12,18,20H,9-10H2,1-2H3,(H,23,24). The summed E-state index contributed by atoms with van der Waals surface area (Å²) in [6.45, 7) is 4.82. The first kappa shape index (κ1) is 21.0. The zero-order valence-corrected chi connectivity index (χ0v) is 16.7. The molecular formula is C20H21F2NO5S. The third-order valence-corrected chi connectivity index (χ3v) is 5.96. The minimum absolute atomic E-state index is 0.0417. The van der Waals surface area contributed by atoms with Crippen molar-refractivity contribution in [1.29, 1.82) is 0 Å². The van der Waals surface area contributed by atoms with Crippen LogP contribution in [-0.4, -0.2) is 33.3 Å². The van der Waals surface area contributed by atoms with Gasteiger partial charge in [-0.25, -0.2) is 8.42 Å². The Bertz CT molecular complexity index is 990. The largest absolute Gasteiger partial charge is 0.486 e. The van der Waals surface area contributed by atoms with Gasteiger partial charge < -0.3 is 14.8 Å². The van der Waals surface area contributed by atoms with Gasteiger partial charge in [-0.15, -0.1) is 0 Å². The fraction of sp³-hybridized carbons (Fsp3) is 0.350. The highest BCUT2D eigenvalue weighted by molar-refractivity contribution is 7.91. The van der Waals surface area contributed by atoms with Crippen molar-refractivity contribution < 1.29 is 31.5 Å². The SMILES string of the molecule is CC(C)C(NC(=O)c1ccc(S(=O)(=O)C(F)F)cc1)c1ccc2c(c1)OCCO2. The number of alkyl halides is 2. The van der Waals surface area contributed by atoms with Crippen LogP contribution in [0.25, 0.3) is 0 Å². The van der Waals surface area contributed by atoms with Crippen LogP contribution in [0.3, 0.4) is 0 Å². The zero-order valence-electron chi connectivity index (χ0n) is 15.9. The van der Waals surface area contributed by atoms with Gasteiger partial charge in [-0.1, -0.05) is 19.9 Å². The molecule has 6 nitrogen and oxygen atoms in total. The number of carbonyl (C=O) groups is 1. The van der Waals surface area contributed by atoms with E-state index < -0.39 is 26.4 Å². The summed E-state index contributed by atoms with van der Waals surface area (Å²) in [6.07, 6.45) is 0. The summed E-state index contributed by atoms with van der Waals surface area (Å²) in [6, 6.07) is 9.54. The molecule has 1 amide bonds. The van der Waals surface area contributed by atoms with Crippen LogP contribution in [0.15, 0.2) is 47.4 Å². The van der Waals surface area contributed by atoms with E-state index >= 15 is 0 Å². The molecule has 0 fully saturated rings. The molecule has 0 saturated carbocycles. The van der Waals surface area contributed by atoms with Crippen LogP contribution in [0.1, 0.15) is 35.8 Å². The van der Waals surface area contributed by atoms with Crippen LogP contribution in [0.4, 0.5) is 8.78 Å². The minimum Gasteiger partial charge on any atom is -0.486 e. The van der Waals surface area contributed by atoms with Gasteiger partial charge in [0.2, 0.25) is 9.84 Å². The molecule has 1 aliphatic heterocycles. The summed E-state index contributed by atoms with van der Waals surface area (Å²) in [5, 5.41) is 2.90. The fourth-order valence-electron chi connectivity index (χ4n) is 3.01. The van der Waals surface area contributed by atoms with E-state index in [0.717, 1.165) is 17.7 Å². The number of rotatable bonds is 6. The molecule has 9 heteroatoms. The maximum atomic E-state index is 12.7. The summed E-state index contributed by atoms with van der Waals surface area (Å²) in [5.41, 5.74) is 0.996. The van der Waals surface area contributed by atoms with Gasteiger partial charge in [0.05, 0.1) is 10.9 Å². The smallest absolute Gasteiger partial charge is 0.341 e. The Labute approximate surface area is 167 Å². The molecule has 0 saturated heterocycles. The number of ether oxygens (including phenoxy) is 2. The third kappa shape index (κ3) is 4.50. The summed E-state index contributed by atoms with van der Waals surface area (Å²) < 4.78 is 59.4. The van der Waals surface area contributed by atoms with Crippen molar-refractivity contribution in [3.63, 3.8) is 0 Å². The average molecular weight is 425 g/mol. The Balaban J connectivity index is 1.80. The molecule has 0 bridgehead atoms. The predicted octanol–water partition coefficient (Wildman–Crippen LogP) is 3.58. The van der Waals surface area contributed by atoms with Crippen LogP contribution in [0, 0.1) is 5.92 Å². The number of carbonyl (C=O) groups excluding carboxylic acids is 1. The number of hydrogen-bond acceptors (Lipinski definition) is 5. The summed E-state index contributed by atoms with van der Waals surface area (Å²) in [7, 11) is -4.70. The average Bonchev–Trinajstić information content (AvgIpc) is 2.71. The number of fused-ring (bicyclic) bond motifs is 1. The molecule has 0 aliphatic carbocycles. The number of halogens is 2. The molecule has 29 heavy (non-hydrogen) atoms. The molecule has 0 spiro atoms. The molecule has 1 N–H and O–H groups in total. The second-order valence-electron chi connectivity index (χ2n) is 6.93. The highest BCUT2D eigenvalue weighted by atomic mass is 32.2. The van der Waals surface area contributed by atoms with Gasteiger partial charge in [0.15, 0.2) is 11.5 Å². The molecular weight excluding hydrogens is 404 g/mol. The van der Waals surface area contributed by atoms with Gasteiger partial charge in [-0.2, -0.15) is 8.78 Å². The van der Waals surface area contributed by atoms with E-state index in [1.165, 1.54) is 12.1 Å². The van der Waals surface area contributed by atoms with Crippen molar-refractivity contribution >= 4 is 15.7 Å². The van der Waals surface area contributed by atoms with E-state index in [4.69, 9.17) is 9.47 Å². The molecule has 3 rings (SSSR count). The zero-order chi connectivity index (χ0) is 21.2. The van der Waals surface area contributed by atoms with Crippen LogP contribution in [0.5, 0.6) is 11.5 Å². The second kappa shape index (κ2) is 8.36. The topological polar surface area (TPSA) is 81.7 Å². The minimum atomic E-state index is -4.70. The third-order valence-electron chi connectivity index (χ3n) is 4.56. The van der Waals surface area contributed by atoms with Gasteiger partial charge in [-0.3, -0.25) is 4.79 Å². The van der Waals surface area contributed by atoms with E-state index in [1.807, 2.05) is 26.0 Å². The molecule has 0 radical (unpaired) electrons. The molecule has 1 heterocycles. The molecule has 1 unspecified atom stereocenters. The Hall–Kier alpha value is -2.68. The van der Waals surface area contributed by atoms with E-state index in [1.54, 1.807) is 6.07 Å². The van der Waals surface area contributed by atoms with Gasteiger partial charge in [0.25, 0.3) is 5.91 Å². The van der Waals surface area contributed by atoms with E-state index in [-0.39, 0.29) is 17.5 Å². The number of benzene rings is 2. The van der Waals surface area contributed by atoms with Gasteiger partial charge >= 0.3 is 5.76 Å². The molecule has 0 aromatic heterocycles. The monoisotopic (exact) mass is 425 g/mol. The molecule has 2 aromatic carbocycles. The quantitative estimate of drug-likeness (QED) is 0.765. The van der Waals surface area contributed by atoms with E-state index in [0.29, 0.717) is 24.7 Å². The van der Waals surface area contributed by atoms with Crippen LogP contribution in [0.2, 0.25) is 0 Å². The fourth-order valence-corrected chi connectivity index (χ4v) is 3.73. The lowest BCUT2D eigenvalue weighted by Crippen LogP contribution is -2.32. The predicted molar refractivity (Wildman–Crippen MR) is 102 cm³/mol. The van der Waals surface area contributed by atoms with Crippen LogP contribution in [-0.2, 0) is 9.84 Å². The summed E-state index contributed by atoms with van der Waals surface area (Å²) >= 11 is 0. The number of hydrogen-bond donors (Lipinski definition) is 1. The van der Waals surface area contributed by atoms with E-state index in [2.05, 4.69) is 5.32 Å². The van der Waals surface area contributed by atoms with Crippen molar-refractivity contribution in [1.82, 2.24) is 5.32 Å². The van der Waals surface area contributed by atoms with Crippen molar-refractivity contribution in [2.45, 2.75) is 30.5 Å². The molecule has 2 aromatic rings. The Morgan fingerprint density at radius 3 is 2.21 bits per heavy atom.